The molecule has 2 heterocycles. The van der Waals surface area contributed by atoms with Crippen molar-refractivity contribution in [2.75, 3.05) is 31.6 Å². The maximum atomic E-state index is 13.9. The number of nitrogens with zero attached hydrogens (tertiary/aromatic N) is 3. The highest BCUT2D eigenvalue weighted by Crippen LogP contribution is 2.20. The van der Waals surface area contributed by atoms with E-state index >= 15 is 0 Å². The van der Waals surface area contributed by atoms with Crippen LogP contribution in [0.2, 0.25) is 0 Å². The molecule has 0 aromatic carbocycles. The quantitative estimate of drug-likeness (QED) is 0.501. The van der Waals surface area contributed by atoms with E-state index in [1.54, 1.807) is 19.3 Å². The van der Waals surface area contributed by atoms with E-state index in [4.69, 9.17) is 0 Å². The lowest BCUT2D eigenvalue weighted by Crippen LogP contribution is -2.45. The summed E-state index contributed by atoms with van der Waals surface area (Å²) in [6.45, 7) is 5.93. The zero-order chi connectivity index (χ0) is 18.9. The van der Waals surface area contributed by atoms with Gasteiger partial charge in [0.25, 0.3) is 0 Å². The molecule has 1 saturated heterocycles. The second-order valence-corrected chi connectivity index (χ2v) is 6.51. The van der Waals surface area contributed by atoms with Gasteiger partial charge in [0.1, 0.15) is 0 Å². The summed E-state index contributed by atoms with van der Waals surface area (Å²) >= 11 is 0. The standard InChI is InChI=1S/C18H29FN6O/c1-4-13(2)23-16(26)7-10-22-18(20-3)24-14-8-11-25(12-14)17-15(19)6-5-9-21-17/h5-6,9,13-14H,4,7-8,10-12H2,1-3H3,(H,23,26)(H2,20,22,24). The van der Waals surface area contributed by atoms with Crippen LogP contribution in [0, 0.1) is 5.82 Å². The molecule has 1 aliphatic rings. The molecule has 0 bridgehead atoms. The molecule has 2 atom stereocenters. The molecule has 0 saturated carbocycles. The highest BCUT2D eigenvalue weighted by atomic mass is 19.1. The third kappa shape index (κ3) is 5.86. The molecule has 3 N–H and O–H groups in total. The van der Waals surface area contributed by atoms with Crippen LogP contribution in [0.15, 0.2) is 23.3 Å². The Hall–Kier alpha value is -2.38. The van der Waals surface area contributed by atoms with Gasteiger partial charge in [-0.3, -0.25) is 9.79 Å². The minimum Gasteiger partial charge on any atom is -0.356 e. The molecule has 26 heavy (non-hydrogen) atoms. The number of carbonyl (C=O) groups is 1. The Balaban J connectivity index is 1.75. The van der Waals surface area contributed by atoms with Crippen LogP contribution in [0.4, 0.5) is 10.2 Å². The van der Waals surface area contributed by atoms with Crippen LogP contribution in [0.3, 0.4) is 0 Å². The summed E-state index contributed by atoms with van der Waals surface area (Å²) in [6.07, 6.45) is 3.77. The van der Waals surface area contributed by atoms with Crippen LogP contribution in [0.5, 0.6) is 0 Å². The smallest absolute Gasteiger partial charge is 0.221 e. The minimum absolute atomic E-state index is 0.0278. The highest BCUT2D eigenvalue weighted by molar-refractivity contribution is 5.81. The molecule has 1 amide bonds. The number of hydrogen-bond donors (Lipinski definition) is 3. The number of amides is 1. The molecule has 8 heteroatoms. The first-order valence-electron chi connectivity index (χ1n) is 9.15. The van der Waals surface area contributed by atoms with Gasteiger partial charge in [-0.2, -0.15) is 0 Å². The SMILES string of the molecule is CCC(C)NC(=O)CCNC(=NC)NC1CCN(c2ncccc2F)C1. The number of aliphatic imine (C=N–C) groups is 1. The van der Waals surface area contributed by atoms with Crippen molar-refractivity contribution in [3.8, 4) is 0 Å². The number of nitrogens with one attached hydrogen (secondary N) is 3. The molecule has 7 nitrogen and oxygen atoms in total. The summed E-state index contributed by atoms with van der Waals surface area (Å²) in [5.74, 6) is 0.763. The monoisotopic (exact) mass is 364 g/mol. The molecule has 1 aromatic heterocycles. The van der Waals surface area contributed by atoms with E-state index in [1.807, 2.05) is 18.7 Å². The van der Waals surface area contributed by atoms with Crippen molar-refractivity contribution in [2.45, 2.75) is 45.2 Å². The van der Waals surface area contributed by atoms with Crippen LogP contribution in [0.1, 0.15) is 33.1 Å². The minimum atomic E-state index is -0.303. The molecular weight excluding hydrogens is 335 g/mol. The molecule has 0 spiro atoms. The lowest BCUT2D eigenvalue weighted by atomic mass is 10.2. The first-order valence-corrected chi connectivity index (χ1v) is 9.15. The Kier molecular flexibility index (Phi) is 7.62. The predicted octanol–water partition coefficient (Wildman–Crippen LogP) is 1.27. The summed E-state index contributed by atoms with van der Waals surface area (Å²) in [5.41, 5.74) is 0. The molecule has 2 unspecified atom stereocenters. The summed E-state index contributed by atoms with van der Waals surface area (Å²) in [6, 6.07) is 3.36. The van der Waals surface area contributed by atoms with Gasteiger partial charge in [-0.15, -0.1) is 0 Å². The van der Waals surface area contributed by atoms with E-state index in [0.29, 0.717) is 31.3 Å². The molecule has 2 rings (SSSR count). The molecule has 144 valence electrons. The van der Waals surface area contributed by atoms with E-state index < -0.39 is 0 Å². The third-order valence-corrected chi connectivity index (χ3v) is 4.46. The van der Waals surface area contributed by atoms with Gasteiger partial charge in [0.2, 0.25) is 5.91 Å². The number of guanidine groups is 1. The number of halogens is 1. The molecular formula is C18H29FN6O. The third-order valence-electron chi connectivity index (χ3n) is 4.46. The van der Waals surface area contributed by atoms with Crippen molar-refractivity contribution in [2.24, 2.45) is 4.99 Å². The fraction of sp³-hybridized carbons (Fsp3) is 0.611. The number of anilines is 1. The van der Waals surface area contributed by atoms with E-state index in [1.165, 1.54) is 6.07 Å². The normalized spacial score (nSPS) is 18.5. The molecule has 1 aliphatic heterocycles. The highest BCUT2D eigenvalue weighted by Gasteiger charge is 2.25. The van der Waals surface area contributed by atoms with E-state index in [-0.39, 0.29) is 23.8 Å². The van der Waals surface area contributed by atoms with Crippen molar-refractivity contribution in [1.82, 2.24) is 20.9 Å². The van der Waals surface area contributed by atoms with Gasteiger partial charge < -0.3 is 20.9 Å². The predicted molar refractivity (Wildman–Crippen MR) is 102 cm³/mol. The Labute approximate surface area is 154 Å². The lowest BCUT2D eigenvalue weighted by Gasteiger charge is -2.20. The first kappa shape index (κ1) is 19.9. The Morgan fingerprint density at radius 2 is 2.35 bits per heavy atom. The van der Waals surface area contributed by atoms with Crippen molar-refractivity contribution >= 4 is 17.7 Å². The summed E-state index contributed by atoms with van der Waals surface area (Å²) in [5, 5.41) is 9.42. The zero-order valence-electron chi connectivity index (χ0n) is 15.8. The van der Waals surface area contributed by atoms with Crippen LogP contribution < -0.4 is 20.9 Å². The average molecular weight is 364 g/mol. The molecule has 1 fully saturated rings. The second-order valence-electron chi connectivity index (χ2n) is 6.51. The van der Waals surface area contributed by atoms with Crippen molar-refractivity contribution in [3.63, 3.8) is 0 Å². The van der Waals surface area contributed by atoms with Gasteiger partial charge in [-0.25, -0.2) is 9.37 Å². The number of carbonyl (C=O) groups excluding carboxylic acids is 1. The topological polar surface area (TPSA) is 81.6 Å². The maximum Gasteiger partial charge on any atom is 0.221 e. The van der Waals surface area contributed by atoms with Gasteiger partial charge in [0.15, 0.2) is 17.6 Å². The second kappa shape index (κ2) is 9.94. The fourth-order valence-corrected chi connectivity index (χ4v) is 2.81. The fourth-order valence-electron chi connectivity index (χ4n) is 2.81. The number of rotatable bonds is 7. The largest absolute Gasteiger partial charge is 0.356 e. The van der Waals surface area contributed by atoms with Gasteiger partial charge in [-0.1, -0.05) is 6.92 Å². The van der Waals surface area contributed by atoms with E-state index in [2.05, 4.69) is 25.9 Å². The Bertz CT molecular complexity index is 623. The summed E-state index contributed by atoms with van der Waals surface area (Å²) in [7, 11) is 1.69. The Morgan fingerprint density at radius 3 is 3.04 bits per heavy atom. The number of hydrogen-bond acceptors (Lipinski definition) is 4. The molecule has 0 radical (unpaired) electrons. The maximum absolute atomic E-state index is 13.9. The average Bonchev–Trinajstić information content (AvgIpc) is 3.09. The van der Waals surface area contributed by atoms with E-state index in [0.717, 1.165) is 19.4 Å². The van der Waals surface area contributed by atoms with Crippen LogP contribution in [0.25, 0.3) is 0 Å². The van der Waals surface area contributed by atoms with Gasteiger partial charge in [0, 0.05) is 51.4 Å². The van der Waals surface area contributed by atoms with Gasteiger partial charge >= 0.3 is 0 Å². The zero-order valence-corrected chi connectivity index (χ0v) is 15.8. The lowest BCUT2D eigenvalue weighted by molar-refractivity contribution is -0.121. The van der Waals surface area contributed by atoms with Crippen LogP contribution in [-0.2, 0) is 4.79 Å². The Morgan fingerprint density at radius 1 is 1.54 bits per heavy atom. The van der Waals surface area contributed by atoms with E-state index in [9.17, 15) is 9.18 Å². The molecule has 0 aliphatic carbocycles. The molecule has 1 aromatic rings. The first-order chi connectivity index (χ1) is 12.5. The van der Waals surface area contributed by atoms with Crippen molar-refractivity contribution in [1.29, 1.82) is 0 Å². The van der Waals surface area contributed by atoms with Gasteiger partial charge in [-0.05, 0) is 31.9 Å². The van der Waals surface area contributed by atoms with Crippen molar-refractivity contribution < 1.29 is 9.18 Å². The van der Waals surface area contributed by atoms with Gasteiger partial charge in [0.05, 0.1) is 0 Å². The number of aromatic nitrogens is 1. The summed E-state index contributed by atoms with van der Waals surface area (Å²) < 4.78 is 13.9. The van der Waals surface area contributed by atoms with Crippen LogP contribution in [-0.4, -0.2) is 55.6 Å². The van der Waals surface area contributed by atoms with Crippen LogP contribution >= 0.6 is 0 Å². The number of pyridine rings is 1. The van der Waals surface area contributed by atoms with Crippen molar-refractivity contribution in [3.05, 3.63) is 24.1 Å². The summed E-state index contributed by atoms with van der Waals surface area (Å²) in [4.78, 5) is 22.1.